The molecule has 0 saturated carbocycles. The Morgan fingerprint density at radius 1 is 1.00 bits per heavy atom. The summed E-state index contributed by atoms with van der Waals surface area (Å²) in [6.45, 7) is 0. The average molecular weight is 277 g/mol. The molecular weight excluding hydrogens is 267 g/mol. The highest BCUT2D eigenvalue weighted by Crippen LogP contribution is 2.38. The smallest absolute Gasteiger partial charge is 0.419 e. The van der Waals surface area contributed by atoms with Gasteiger partial charge in [-0.05, 0) is 35.4 Å². The van der Waals surface area contributed by atoms with Crippen molar-refractivity contribution in [1.29, 1.82) is 5.26 Å². The van der Waals surface area contributed by atoms with Crippen molar-refractivity contribution in [1.82, 2.24) is 0 Å². The fourth-order valence-corrected chi connectivity index (χ4v) is 1.85. The van der Waals surface area contributed by atoms with Crippen LogP contribution >= 0.6 is 0 Å². The molecule has 2 nitrogen and oxygen atoms in total. The molecular formula is C15H10F3NO. The maximum Gasteiger partial charge on any atom is 0.419 e. The van der Waals surface area contributed by atoms with E-state index in [0.717, 1.165) is 6.07 Å². The second-order valence-corrected chi connectivity index (χ2v) is 4.10. The largest absolute Gasteiger partial charge is 0.496 e. The first-order chi connectivity index (χ1) is 9.45. The van der Waals surface area contributed by atoms with Gasteiger partial charge in [0.15, 0.2) is 0 Å². The van der Waals surface area contributed by atoms with Gasteiger partial charge in [0.25, 0.3) is 0 Å². The van der Waals surface area contributed by atoms with Gasteiger partial charge in [-0.1, -0.05) is 18.2 Å². The van der Waals surface area contributed by atoms with E-state index in [9.17, 15) is 13.2 Å². The Morgan fingerprint density at radius 2 is 1.60 bits per heavy atom. The van der Waals surface area contributed by atoms with E-state index in [4.69, 9.17) is 10.00 Å². The summed E-state index contributed by atoms with van der Waals surface area (Å²) >= 11 is 0. The van der Waals surface area contributed by atoms with Crippen LogP contribution in [0.25, 0.3) is 11.1 Å². The molecule has 0 atom stereocenters. The van der Waals surface area contributed by atoms with Crippen LogP contribution in [0, 0.1) is 11.3 Å². The summed E-state index contributed by atoms with van der Waals surface area (Å²) in [5.74, 6) is -0.213. The first kappa shape index (κ1) is 13.9. The Labute approximate surface area is 114 Å². The summed E-state index contributed by atoms with van der Waals surface area (Å²) in [4.78, 5) is 0. The number of rotatable bonds is 2. The highest BCUT2D eigenvalue weighted by Gasteiger charge is 2.34. The lowest BCUT2D eigenvalue weighted by Crippen LogP contribution is -2.07. The van der Waals surface area contributed by atoms with E-state index in [0.29, 0.717) is 16.7 Å². The minimum Gasteiger partial charge on any atom is -0.496 e. The standard InChI is InChI=1S/C15H10F3NO/c1-20-14-7-6-12(8-13(14)15(16,17)18)11-4-2-10(9-19)3-5-11/h2-8H,1H3. The average Bonchev–Trinajstić information content (AvgIpc) is 2.46. The predicted molar refractivity (Wildman–Crippen MR) is 68.1 cm³/mol. The van der Waals surface area contributed by atoms with E-state index in [2.05, 4.69) is 0 Å². The highest BCUT2D eigenvalue weighted by atomic mass is 19.4. The zero-order chi connectivity index (χ0) is 14.8. The van der Waals surface area contributed by atoms with Crippen LogP contribution in [0.3, 0.4) is 0 Å². The molecule has 0 radical (unpaired) electrons. The summed E-state index contributed by atoms with van der Waals surface area (Å²) in [5, 5.41) is 8.70. The molecule has 0 aromatic heterocycles. The summed E-state index contributed by atoms with van der Waals surface area (Å²) < 4.78 is 43.5. The summed E-state index contributed by atoms with van der Waals surface area (Å²) in [6, 6.07) is 12.2. The molecule has 0 aliphatic carbocycles. The number of ether oxygens (including phenoxy) is 1. The molecule has 0 aliphatic heterocycles. The SMILES string of the molecule is COc1ccc(-c2ccc(C#N)cc2)cc1C(F)(F)F. The molecule has 0 N–H and O–H groups in total. The van der Waals surface area contributed by atoms with Crippen LogP contribution in [0.2, 0.25) is 0 Å². The molecule has 0 bridgehead atoms. The third-order valence-electron chi connectivity index (χ3n) is 2.85. The quantitative estimate of drug-likeness (QED) is 0.822. The maximum absolute atomic E-state index is 12.9. The minimum atomic E-state index is -4.48. The molecule has 5 heteroatoms. The molecule has 0 aliphatic rings. The van der Waals surface area contributed by atoms with Gasteiger partial charge in [-0.15, -0.1) is 0 Å². The van der Waals surface area contributed by atoms with E-state index >= 15 is 0 Å². The third-order valence-corrected chi connectivity index (χ3v) is 2.85. The van der Waals surface area contributed by atoms with Crippen LogP contribution in [0.5, 0.6) is 5.75 Å². The Kier molecular flexibility index (Phi) is 3.66. The van der Waals surface area contributed by atoms with Crippen molar-refractivity contribution in [2.45, 2.75) is 6.18 Å². The Balaban J connectivity index is 2.50. The summed E-state index contributed by atoms with van der Waals surface area (Å²) in [5.41, 5.74) is 0.667. The fraction of sp³-hybridized carbons (Fsp3) is 0.133. The van der Waals surface area contributed by atoms with Crippen molar-refractivity contribution in [2.75, 3.05) is 7.11 Å². The van der Waals surface area contributed by atoms with Crippen LogP contribution in [0.4, 0.5) is 13.2 Å². The third kappa shape index (κ3) is 2.75. The number of methoxy groups -OCH3 is 1. The second-order valence-electron chi connectivity index (χ2n) is 4.10. The minimum absolute atomic E-state index is 0.213. The Morgan fingerprint density at radius 3 is 2.10 bits per heavy atom. The number of nitrogens with zero attached hydrogens (tertiary/aromatic N) is 1. The van der Waals surface area contributed by atoms with Gasteiger partial charge in [0, 0.05) is 0 Å². The predicted octanol–water partition coefficient (Wildman–Crippen LogP) is 4.25. The van der Waals surface area contributed by atoms with Crippen molar-refractivity contribution >= 4 is 0 Å². The fourth-order valence-electron chi connectivity index (χ4n) is 1.85. The van der Waals surface area contributed by atoms with Crippen molar-refractivity contribution in [3.8, 4) is 22.9 Å². The molecule has 2 aromatic rings. The second kappa shape index (κ2) is 5.25. The summed E-state index contributed by atoms with van der Waals surface area (Å²) in [6.07, 6.45) is -4.48. The van der Waals surface area contributed by atoms with Crippen LogP contribution < -0.4 is 4.74 Å². The number of hydrogen-bond donors (Lipinski definition) is 0. The first-order valence-electron chi connectivity index (χ1n) is 5.71. The van der Waals surface area contributed by atoms with Crippen LogP contribution in [0.15, 0.2) is 42.5 Å². The molecule has 102 valence electrons. The van der Waals surface area contributed by atoms with E-state index in [1.54, 1.807) is 30.3 Å². The van der Waals surface area contributed by atoms with Gasteiger partial charge in [-0.2, -0.15) is 18.4 Å². The zero-order valence-corrected chi connectivity index (χ0v) is 10.5. The number of benzene rings is 2. The molecule has 0 heterocycles. The van der Waals surface area contributed by atoms with Crippen molar-refractivity contribution in [3.05, 3.63) is 53.6 Å². The molecule has 0 unspecified atom stereocenters. The lowest BCUT2D eigenvalue weighted by molar-refractivity contribution is -0.138. The monoisotopic (exact) mass is 277 g/mol. The number of alkyl halides is 3. The number of halogens is 3. The molecule has 2 rings (SSSR count). The van der Waals surface area contributed by atoms with E-state index in [-0.39, 0.29) is 5.75 Å². The van der Waals surface area contributed by atoms with Crippen molar-refractivity contribution in [3.63, 3.8) is 0 Å². The van der Waals surface area contributed by atoms with Crippen LogP contribution in [-0.2, 0) is 6.18 Å². The van der Waals surface area contributed by atoms with Gasteiger partial charge in [-0.25, -0.2) is 0 Å². The lowest BCUT2D eigenvalue weighted by atomic mass is 10.0. The van der Waals surface area contributed by atoms with Crippen LogP contribution in [0.1, 0.15) is 11.1 Å². The Bertz CT molecular complexity index is 654. The number of nitriles is 1. The van der Waals surface area contributed by atoms with Crippen LogP contribution in [-0.4, -0.2) is 7.11 Å². The molecule has 2 aromatic carbocycles. The van der Waals surface area contributed by atoms with E-state index in [1.807, 2.05) is 6.07 Å². The Hall–Kier alpha value is -2.48. The van der Waals surface area contributed by atoms with Gasteiger partial charge in [0.1, 0.15) is 5.75 Å². The molecule has 0 saturated heterocycles. The molecule has 20 heavy (non-hydrogen) atoms. The normalized spacial score (nSPS) is 10.9. The molecule has 0 spiro atoms. The van der Waals surface area contributed by atoms with Gasteiger partial charge in [0.05, 0.1) is 24.3 Å². The highest BCUT2D eigenvalue weighted by molar-refractivity contribution is 5.66. The maximum atomic E-state index is 12.9. The van der Waals surface area contributed by atoms with Crippen molar-refractivity contribution in [2.24, 2.45) is 0 Å². The topological polar surface area (TPSA) is 33.0 Å². The zero-order valence-electron chi connectivity index (χ0n) is 10.5. The molecule has 0 fully saturated rings. The lowest BCUT2D eigenvalue weighted by Gasteiger charge is -2.13. The van der Waals surface area contributed by atoms with Gasteiger partial charge < -0.3 is 4.74 Å². The summed E-state index contributed by atoms with van der Waals surface area (Å²) in [7, 11) is 1.20. The van der Waals surface area contributed by atoms with E-state index in [1.165, 1.54) is 13.2 Å². The molecule has 0 amide bonds. The van der Waals surface area contributed by atoms with E-state index < -0.39 is 11.7 Å². The first-order valence-corrected chi connectivity index (χ1v) is 5.71. The van der Waals surface area contributed by atoms with Gasteiger partial charge >= 0.3 is 6.18 Å². The number of hydrogen-bond acceptors (Lipinski definition) is 2. The van der Waals surface area contributed by atoms with Gasteiger partial charge in [-0.3, -0.25) is 0 Å². The van der Waals surface area contributed by atoms with Gasteiger partial charge in [0.2, 0.25) is 0 Å². The van der Waals surface area contributed by atoms with Crippen molar-refractivity contribution < 1.29 is 17.9 Å².